The van der Waals surface area contributed by atoms with Crippen molar-refractivity contribution >= 4 is 9.84 Å². The Kier molecular flexibility index (Phi) is 3.09. The molecule has 1 aliphatic rings. The van der Waals surface area contributed by atoms with Crippen LogP contribution in [0.4, 0.5) is 0 Å². The van der Waals surface area contributed by atoms with Crippen molar-refractivity contribution in [1.82, 2.24) is 0 Å². The fraction of sp³-hybridized carbons (Fsp3) is 1.00. The SMILES string of the molecule is CO[C@H]1CC[C@H](S(C)(=O)=O)CO1. The fourth-order valence-electron chi connectivity index (χ4n) is 1.23. The second-order valence-electron chi connectivity index (χ2n) is 3.03. The Labute approximate surface area is 72.8 Å². The Balaban J connectivity index is 2.47. The van der Waals surface area contributed by atoms with Gasteiger partial charge in [0.15, 0.2) is 16.1 Å². The van der Waals surface area contributed by atoms with Crippen LogP contribution >= 0.6 is 0 Å². The number of hydrogen-bond donors (Lipinski definition) is 0. The van der Waals surface area contributed by atoms with Gasteiger partial charge in [-0.05, 0) is 12.8 Å². The summed E-state index contributed by atoms with van der Waals surface area (Å²) in [6.07, 6.45) is 2.32. The van der Waals surface area contributed by atoms with Crippen molar-refractivity contribution in [2.45, 2.75) is 24.4 Å². The molecule has 5 heteroatoms. The molecule has 0 N–H and O–H groups in total. The fourth-order valence-corrected chi connectivity index (χ4v) is 2.12. The number of sulfone groups is 1. The molecule has 1 saturated heterocycles. The van der Waals surface area contributed by atoms with E-state index in [-0.39, 0.29) is 18.1 Å². The van der Waals surface area contributed by atoms with Crippen molar-refractivity contribution in [3.63, 3.8) is 0 Å². The third-order valence-electron chi connectivity index (χ3n) is 2.06. The topological polar surface area (TPSA) is 52.6 Å². The summed E-state index contributed by atoms with van der Waals surface area (Å²) in [7, 11) is -1.38. The zero-order valence-corrected chi connectivity index (χ0v) is 8.13. The lowest BCUT2D eigenvalue weighted by Crippen LogP contribution is -2.35. The van der Waals surface area contributed by atoms with E-state index in [0.29, 0.717) is 12.8 Å². The minimum Gasteiger partial charge on any atom is -0.356 e. The summed E-state index contributed by atoms with van der Waals surface area (Å²) < 4.78 is 32.2. The van der Waals surface area contributed by atoms with Crippen molar-refractivity contribution in [3.8, 4) is 0 Å². The molecule has 1 aliphatic heterocycles. The van der Waals surface area contributed by atoms with Gasteiger partial charge in [-0.2, -0.15) is 0 Å². The number of rotatable bonds is 2. The number of ether oxygens (including phenoxy) is 2. The van der Waals surface area contributed by atoms with Crippen LogP contribution in [-0.4, -0.2) is 39.9 Å². The smallest absolute Gasteiger partial charge is 0.157 e. The zero-order chi connectivity index (χ0) is 9.19. The molecular weight excluding hydrogens is 180 g/mol. The molecule has 0 unspecified atom stereocenters. The van der Waals surface area contributed by atoms with E-state index in [9.17, 15) is 8.42 Å². The van der Waals surface area contributed by atoms with E-state index in [0.717, 1.165) is 0 Å². The van der Waals surface area contributed by atoms with E-state index in [2.05, 4.69) is 0 Å². The van der Waals surface area contributed by atoms with Crippen molar-refractivity contribution in [1.29, 1.82) is 0 Å². The molecule has 0 amide bonds. The summed E-state index contributed by atoms with van der Waals surface area (Å²) in [5, 5.41) is -0.344. The molecule has 0 saturated carbocycles. The minimum absolute atomic E-state index is 0.219. The van der Waals surface area contributed by atoms with Crippen molar-refractivity contribution < 1.29 is 17.9 Å². The Morgan fingerprint density at radius 3 is 2.42 bits per heavy atom. The van der Waals surface area contributed by atoms with Gasteiger partial charge in [0.05, 0.1) is 11.9 Å². The third kappa shape index (κ3) is 2.43. The standard InChI is InChI=1S/C7H14O4S/c1-10-7-4-3-6(5-11-7)12(2,8)9/h6-7H,3-5H2,1-2H3/t6-,7+/m0/s1. The van der Waals surface area contributed by atoms with Crippen LogP contribution < -0.4 is 0 Å². The van der Waals surface area contributed by atoms with E-state index in [1.807, 2.05) is 0 Å². The molecule has 72 valence electrons. The molecule has 1 heterocycles. The summed E-state index contributed by atoms with van der Waals surface area (Å²) >= 11 is 0. The van der Waals surface area contributed by atoms with Crippen molar-refractivity contribution in [2.24, 2.45) is 0 Å². The molecule has 0 radical (unpaired) electrons. The number of methoxy groups -OCH3 is 1. The predicted molar refractivity (Wildman–Crippen MR) is 44.6 cm³/mol. The Morgan fingerprint density at radius 2 is 2.08 bits per heavy atom. The summed E-state index contributed by atoms with van der Waals surface area (Å²) in [6.45, 7) is 0.261. The van der Waals surface area contributed by atoms with Gasteiger partial charge in [0.25, 0.3) is 0 Å². The molecule has 1 rings (SSSR count). The van der Waals surface area contributed by atoms with Gasteiger partial charge in [-0.15, -0.1) is 0 Å². The maximum absolute atomic E-state index is 11.1. The molecule has 0 aliphatic carbocycles. The predicted octanol–water partition coefficient (Wildman–Crippen LogP) is 0.183. The van der Waals surface area contributed by atoms with Gasteiger partial charge in [0.1, 0.15) is 0 Å². The largest absolute Gasteiger partial charge is 0.356 e. The molecule has 12 heavy (non-hydrogen) atoms. The molecule has 4 nitrogen and oxygen atoms in total. The van der Waals surface area contributed by atoms with Gasteiger partial charge in [-0.1, -0.05) is 0 Å². The minimum atomic E-state index is -2.94. The zero-order valence-electron chi connectivity index (χ0n) is 7.32. The van der Waals surface area contributed by atoms with E-state index >= 15 is 0 Å². The van der Waals surface area contributed by atoms with E-state index in [1.54, 1.807) is 7.11 Å². The van der Waals surface area contributed by atoms with Crippen LogP contribution in [0, 0.1) is 0 Å². The molecule has 1 fully saturated rings. The third-order valence-corrected chi connectivity index (χ3v) is 3.64. The van der Waals surface area contributed by atoms with E-state index in [4.69, 9.17) is 9.47 Å². The lowest BCUT2D eigenvalue weighted by atomic mass is 10.2. The van der Waals surface area contributed by atoms with Crippen LogP contribution in [0.3, 0.4) is 0 Å². The van der Waals surface area contributed by atoms with E-state index < -0.39 is 9.84 Å². The lowest BCUT2D eigenvalue weighted by Gasteiger charge is -2.26. The Morgan fingerprint density at radius 1 is 1.42 bits per heavy atom. The Hall–Kier alpha value is -0.130. The molecule has 0 aromatic carbocycles. The average molecular weight is 194 g/mol. The van der Waals surface area contributed by atoms with Gasteiger partial charge in [-0.25, -0.2) is 8.42 Å². The summed E-state index contributed by atoms with van der Waals surface area (Å²) in [6, 6.07) is 0. The summed E-state index contributed by atoms with van der Waals surface area (Å²) in [5.41, 5.74) is 0. The average Bonchev–Trinajstić information content (AvgIpc) is 2.03. The van der Waals surface area contributed by atoms with Crippen LogP contribution in [0.25, 0.3) is 0 Å². The van der Waals surface area contributed by atoms with Gasteiger partial charge in [-0.3, -0.25) is 0 Å². The van der Waals surface area contributed by atoms with Gasteiger partial charge < -0.3 is 9.47 Å². The number of hydrogen-bond acceptors (Lipinski definition) is 4. The van der Waals surface area contributed by atoms with Gasteiger partial charge in [0.2, 0.25) is 0 Å². The maximum atomic E-state index is 11.1. The van der Waals surface area contributed by atoms with Gasteiger partial charge in [0, 0.05) is 13.4 Å². The monoisotopic (exact) mass is 194 g/mol. The highest BCUT2D eigenvalue weighted by molar-refractivity contribution is 7.91. The quantitative estimate of drug-likeness (QED) is 0.629. The first-order valence-electron chi connectivity index (χ1n) is 3.87. The van der Waals surface area contributed by atoms with Crippen LogP contribution in [0.1, 0.15) is 12.8 Å². The molecule has 0 aromatic rings. The molecule has 0 bridgehead atoms. The highest BCUT2D eigenvalue weighted by atomic mass is 32.2. The van der Waals surface area contributed by atoms with Crippen LogP contribution in [-0.2, 0) is 19.3 Å². The Bertz CT molecular complexity index is 226. The molecular formula is C7H14O4S. The summed E-state index contributed by atoms with van der Waals surface area (Å²) in [4.78, 5) is 0. The maximum Gasteiger partial charge on any atom is 0.157 e. The molecule has 2 atom stereocenters. The highest BCUT2D eigenvalue weighted by Gasteiger charge is 2.28. The second kappa shape index (κ2) is 3.72. The highest BCUT2D eigenvalue weighted by Crippen LogP contribution is 2.18. The first-order valence-corrected chi connectivity index (χ1v) is 5.82. The van der Waals surface area contributed by atoms with Gasteiger partial charge >= 0.3 is 0 Å². The summed E-state index contributed by atoms with van der Waals surface area (Å²) in [5.74, 6) is 0. The normalized spacial score (nSPS) is 31.8. The molecule has 0 aromatic heterocycles. The first-order chi connectivity index (χ1) is 5.54. The van der Waals surface area contributed by atoms with Crippen LogP contribution in [0.2, 0.25) is 0 Å². The lowest BCUT2D eigenvalue weighted by molar-refractivity contribution is -0.143. The van der Waals surface area contributed by atoms with Crippen LogP contribution in [0.5, 0.6) is 0 Å². The second-order valence-corrected chi connectivity index (χ2v) is 5.35. The molecule has 0 spiro atoms. The van der Waals surface area contributed by atoms with Crippen molar-refractivity contribution in [2.75, 3.05) is 20.0 Å². The van der Waals surface area contributed by atoms with Crippen molar-refractivity contribution in [3.05, 3.63) is 0 Å². The van der Waals surface area contributed by atoms with E-state index in [1.165, 1.54) is 6.26 Å². The first kappa shape index (κ1) is 9.95. The van der Waals surface area contributed by atoms with Crippen LogP contribution in [0.15, 0.2) is 0 Å².